The molecule has 0 saturated heterocycles. The van der Waals surface area contributed by atoms with Gasteiger partial charge >= 0.3 is 0 Å². The second-order valence-electron chi connectivity index (χ2n) is 4.57. The van der Waals surface area contributed by atoms with E-state index in [4.69, 9.17) is 0 Å². The highest BCUT2D eigenvalue weighted by molar-refractivity contribution is 5.97. The van der Waals surface area contributed by atoms with Crippen molar-refractivity contribution in [1.82, 2.24) is 0 Å². The summed E-state index contributed by atoms with van der Waals surface area (Å²) in [6.07, 6.45) is 5.75. The van der Waals surface area contributed by atoms with Crippen molar-refractivity contribution in [2.75, 3.05) is 11.9 Å². The van der Waals surface area contributed by atoms with E-state index in [1.807, 2.05) is 0 Å². The molecule has 0 aromatic heterocycles. The Morgan fingerprint density at radius 1 is 1.12 bits per heavy atom. The SMILES string of the molecule is CCc1cccc(CC)c1NC1=NCCCC1. The highest BCUT2D eigenvalue weighted by atomic mass is 15.0. The van der Waals surface area contributed by atoms with Crippen molar-refractivity contribution in [3.05, 3.63) is 29.3 Å². The van der Waals surface area contributed by atoms with Crippen LogP contribution in [-0.4, -0.2) is 12.4 Å². The van der Waals surface area contributed by atoms with E-state index >= 15 is 0 Å². The lowest BCUT2D eigenvalue weighted by molar-refractivity contribution is 0.736. The predicted molar refractivity (Wildman–Crippen MR) is 75.0 cm³/mol. The van der Waals surface area contributed by atoms with Crippen molar-refractivity contribution in [2.24, 2.45) is 4.99 Å². The van der Waals surface area contributed by atoms with Crippen molar-refractivity contribution in [3.63, 3.8) is 0 Å². The zero-order valence-electron chi connectivity index (χ0n) is 10.9. The number of para-hydroxylation sites is 1. The van der Waals surface area contributed by atoms with Crippen LogP contribution in [0.15, 0.2) is 23.2 Å². The number of aliphatic imine (C=N–C) groups is 1. The molecule has 17 heavy (non-hydrogen) atoms. The van der Waals surface area contributed by atoms with E-state index in [2.05, 4.69) is 42.4 Å². The minimum Gasteiger partial charge on any atom is -0.344 e. The fourth-order valence-electron chi connectivity index (χ4n) is 2.35. The molecule has 2 nitrogen and oxygen atoms in total. The van der Waals surface area contributed by atoms with Crippen LogP contribution in [-0.2, 0) is 12.8 Å². The van der Waals surface area contributed by atoms with Crippen LogP contribution in [0.4, 0.5) is 5.69 Å². The lowest BCUT2D eigenvalue weighted by atomic mass is 10.0. The fraction of sp³-hybridized carbons (Fsp3) is 0.533. The Balaban J connectivity index is 2.26. The van der Waals surface area contributed by atoms with Crippen LogP contribution in [0.5, 0.6) is 0 Å². The third kappa shape index (κ3) is 2.87. The summed E-state index contributed by atoms with van der Waals surface area (Å²) in [6.45, 7) is 5.41. The third-order valence-electron chi connectivity index (χ3n) is 3.39. The number of hydrogen-bond donors (Lipinski definition) is 1. The maximum atomic E-state index is 4.58. The molecule has 0 fully saturated rings. The summed E-state index contributed by atoms with van der Waals surface area (Å²) in [5.41, 5.74) is 4.10. The van der Waals surface area contributed by atoms with Gasteiger partial charge in [-0.15, -0.1) is 0 Å². The summed E-state index contributed by atoms with van der Waals surface area (Å²) < 4.78 is 0. The van der Waals surface area contributed by atoms with E-state index in [0.29, 0.717) is 0 Å². The van der Waals surface area contributed by atoms with Crippen molar-refractivity contribution in [1.29, 1.82) is 0 Å². The molecule has 0 radical (unpaired) electrons. The molecular formula is C15H22N2. The van der Waals surface area contributed by atoms with E-state index in [1.165, 1.54) is 35.5 Å². The zero-order valence-corrected chi connectivity index (χ0v) is 10.9. The maximum absolute atomic E-state index is 4.58. The fourth-order valence-corrected chi connectivity index (χ4v) is 2.35. The van der Waals surface area contributed by atoms with Gasteiger partial charge in [-0.3, -0.25) is 4.99 Å². The second-order valence-corrected chi connectivity index (χ2v) is 4.57. The van der Waals surface area contributed by atoms with Crippen LogP contribution in [0, 0.1) is 0 Å². The highest BCUT2D eigenvalue weighted by Crippen LogP contribution is 2.23. The van der Waals surface area contributed by atoms with Gasteiger partial charge in [-0.1, -0.05) is 32.0 Å². The number of nitrogens with one attached hydrogen (secondary N) is 1. The smallest absolute Gasteiger partial charge is 0.101 e. The molecule has 0 aliphatic carbocycles. The molecule has 0 atom stereocenters. The number of benzene rings is 1. The highest BCUT2D eigenvalue weighted by Gasteiger charge is 2.10. The van der Waals surface area contributed by atoms with Crippen LogP contribution < -0.4 is 5.32 Å². The van der Waals surface area contributed by atoms with Gasteiger partial charge in [0.25, 0.3) is 0 Å². The van der Waals surface area contributed by atoms with Crippen molar-refractivity contribution >= 4 is 11.5 Å². The summed E-state index contributed by atoms with van der Waals surface area (Å²) in [5.74, 6) is 1.17. The first-order chi connectivity index (χ1) is 8.35. The number of rotatable bonds is 3. The minimum absolute atomic E-state index is 0.984. The van der Waals surface area contributed by atoms with Gasteiger partial charge < -0.3 is 5.32 Å². The topological polar surface area (TPSA) is 24.4 Å². The van der Waals surface area contributed by atoms with Crippen LogP contribution in [0.25, 0.3) is 0 Å². The lowest BCUT2D eigenvalue weighted by Gasteiger charge is -2.19. The first kappa shape index (κ1) is 12.2. The molecule has 0 bridgehead atoms. The molecule has 1 aliphatic rings. The molecule has 2 heteroatoms. The van der Waals surface area contributed by atoms with Crippen molar-refractivity contribution in [3.8, 4) is 0 Å². The van der Waals surface area contributed by atoms with Gasteiger partial charge in [0.05, 0.1) is 0 Å². The average molecular weight is 230 g/mol. The Morgan fingerprint density at radius 2 is 1.82 bits per heavy atom. The minimum atomic E-state index is 0.984. The maximum Gasteiger partial charge on any atom is 0.101 e. The van der Waals surface area contributed by atoms with Gasteiger partial charge in [-0.25, -0.2) is 0 Å². The van der Waals surface area contributed by atoms with Gasteiger partial charge in [0, 0.05) is 18.7 Å². The summed E-state index contributed by atoms with van der Waals surface area (Å²) in [7, 11) is 0. The molecule has 1 heterocycles. The summed E-state index contributed by atoms with van der Waals surface area (Å²) in [6, 6.07) is 6.58. The lowest BCUT2D eigenvalue weighted by Crippen LogP contribution is -2.18. The quantitative estimate of drug-likeness (QED) is 0.839. The number of aryl methyl sites for hydroxylation is 2. The molecule has 0 saturated carbocycles. The van der Waals surface area contributed by atoms with Crippen LogP contribution in [0.3, 0.4) is 0 Å². The average Bonchev–Trinajstić information content (AvgIpc) is 2.40. The molecular weight excluding hydrogens is 208 g/mol. The van der Waals surface area contributed by atoms with Gasteiger partial charge in [0.2, 0.25) is 0 Å². The number of anilines is 1. The Hall–Kier alpha value is -1.31. The molecule has 92 valence electrons. The van der Waals surface area contributed by atoms with Gasteiger partial charge in [-0.2, -0.15) is 0 Å². The Kier molecular flexibility index (Phi) is 4.18. The first-order valence-corrected chi connectivity index (χ1v) is 6.76. The third-order valence-corrected chi connectivity index (χ3v) is 3.39. The molecule has 1 N–H and O–H groups in total. The monoisotopic (exact) mass is 230 g/mol. The van der Waals surface area contributed by atoms with E-state index in [-0.39, 0.29) is 0 Å². The van der Waals surface area contributed by atoms with Crippen LogP contribution in [0.1, 0.15) is 44.2 Å². The van der Waals surface area contributed by atoms with Gasteiger partial charge in [0.1, 0.15) is 5.84 Å². The van der Waals surface area contributed by atoms with E-state index in [9.17, 15) is 0 Å². The zero-order chi connectivity index (χ0) is 12.1. The second kappa shape index (κ2) is 5.85. The van der Waals surface area contributed by atoms with Crippen molar-refractivity contribution < 1.29 is 0 Å². The van der Waals surface area contributed by atoms with E-state index < -0.39 is 0 Å². The van der Waals surface area contributed by atoms with Crippen LogP contribution >= 0.6 is 0 Å². The summed E-state index contributed by atoms with van der Waals surface area (Å²) >= 11 is 0. The largest absolute Gasteiger partial charge is 0.344 e. The summed E-state index contributed by atoms with van der Waals surface area (Å²) in [5, 5.41) is 3.57. The normalized spacial score (nSPS) is 15.5. The van der Waals surface area contributed by atoms with Crippen molar-refractivity contribution in [2.45, 2.75) is 46.0 Å². The predicted octanol–water partition coefficient (Wildman–Crippen LogP) is 3.81. The summed E-state index contributed by atoms with van der Waals surface area (Å²) in [4.78, 5) is 4.58. The molecule has 1 aromatic carbocycles. The molecule has 1 aromatic rings. The van der Waals surface area contributed by atoms with Gasteiger partial charge in [0.15, 0.2) is 0 Å². The number of amidine groups is 1. The molecule has 2 rings (SSSR count). The number of nitrogens with zero attached hydrogens (tertiary/aromatic N) is 1. The molecule has 1 aliphatic heterocycles. The molecule has 0 amide bonds. The molecule has 0 unspecified atom stereocenters. The van der Waals surface area contributed by atoms with Gasteiger partial charge in [-0.05, 0) is 36.8 Å². The standard InChI is InChI=1S/C15H22N2/c1-3-12-8-7-9-13(4-2)15(12)17-14-10-5-6-11-16-14/h7-9H,3-6,10-11H2,1-2H3,(H,16,17). The first-order valence-electron chi connectivity index (χ1n) is 6.76. The Labute approximate surface area is 104 Å². The Bertz CT molecular complexity index is 385. The van der Waals surface area contributed by atoms with E-state index in [0.717, 1.165) is 25.8 Å². The Morgan fingerprint density at radius 3 is 2.35 bits per heavy atom. The van der Waals surface area contributed by atoms with Crippen LogP contribution in [0.2, 0.25) is 0 Å². The number of hydrogen-bond acceptors (Lipinski definition) is 2. The molecule has 0 spiro atoms. The van der Waals surface area contributed by atoms with E-state index in [1.54, 1.807) is 0 Å².